The van der Waals surface area contributed by atoms with Crippen LogP contribution in [0.25, 0.3) is 6.08 Å². The summed E-state index contributed by atoms with van der Waals surface area (Å²) in [6.07, 6.45) is 3.45. The van der Waals surface area contributed by atoms with Gasteiger partial charge in [0.05, 0.1) is 6.61 Å². The van der Waals surface area contributed by atoms with Gasteiger partial charge in [-0.3, -0.25) is 4.79 Å². The molecule has 1 amide bonds. The van der Waals surface area contributed by atoms with Crippen LogP contribution in [0.4, 0.5) is 5.69 Å². The molecule has 0 aliphatic carbocycles. The third-order valence-electron chi connectivity index (χ3n) is 2.32. The van der Waals surface area contributed by atoms with Crippen LogP contribution in [-0.2, 0) is 9.53 Å². The van der Waals surface area contributed by atoms with Crippen molar-refractivity contribution in [3.8, 4) is 0 Å². The number of benzene rings is 1. The normalized spacial score (nSPS) is 10.8. The summed E-state index contributed by atoms with van der Waals surface area (Å²) in [5.41, 5.74) is 1.74. The molecule has 0 aliphatic rings. The van der Waals surface area contributed by atoms with E-state index in [0.29, 0.717) is 0 Å². The van der Waals surface area contributed by atoms with E-state index in [-0.39, 0.29) is 19.1 Å². The first-order chi connectivity index (χ1) is 8.19. The second-order valence-electron chi connectivity index (χ2n) is 3.57. The van der Waals surface area contributed by atoms with Crippen molar-refractivity contribution in [2.75, 3.05) is 32.3 Å². The Morgan fingerprint density at radius 2 is 2.29 bits per heavy atom. The van der Waals surface area contributed by atoms with E-state index in [9.17, 15) is 4.79 Å². The predicted molar refractivity (Wildman–Crippen MR) is 67.8 cm³/mol. The molecular weight excluding hydrogens is 218 g/mol. The van der Waals surface area contributed by atoms with Crippen molar-refractivity contribution in [2.45, 2.75) is 0 Å². The van der Waals surface area contributed by atoms with Crippen LogP contribution in [0.15, 0.2) is 30.3 Å². The highest BCUT2D eigenvalue weighted by Crippen LogP contribution is 2.16. The van der Waals surface area contributed by atoms with Gasteiger partial charge in [-0.2, -0.15) is 0 Å². The molecule has 0 heterocycles. The van der Waals surface area contributed by atoms with Gasteiger partial charge in [-0.25, -0.2) is 0 Å². The van der Waals surface area contributed by atoms with Crippen LogP contribution in [0.5, 0.6) is 0 Å². The Balaban J connectivity index is 2.83. The number of aliphatic hydroxyl groups is 1. The molecule has 4 heteroatoms. The minimum Gasteiger partial charge on any atom is -0.392 e. The lowest BCUT2D eigenvalue weighted by molar-refractivity contribution is -0.121. The fourth-order valence-corrected chi connectivity index (χ4v) is 1.39. The average molecular weight is 235 g/mol. The molecule has 0 aromatic heterocycles. The first-order valence-electron chi connectivity index (χ1n) is 5.32. The quantitative estimate of drug-likeness (QED) is 0.837. The second kappa shape index (κ2) is 6.83. The van der Waals surface area contributed by atoms with Gasteiger partial charge in [0.25, 0.3) is 5.91 Å². The Morgan fingerprint density at radius 1 is 1.53 bits per heavy atom. The number of amides is 1. The van der Waals surface area contributed by atoms with Crippen LogP contribution in [0.1, 0.15) is 5.56 Å². The molecule has 1 rings (SSSR count). The fourth-order valence-electron chi connectivity index (χ4n) is 1.39. The first-order valence-corrected chi connectivity index (χ1v) is 5.32. The Kier molecular flexibility index (Phi) is 5.39. The van der Waals surface area contributed by atoms with Gasteiger partial charge in [-0.1, -0.05) is 24.3 Å². The fraction of sp³-hybridized carbons (Fsp3) is 0.308. The third kappa shape index (κ3) is 4.01. The monoisotopic (exact) mass is 235 g/mol. The first kappa shape index (κ1) is 13.4. The van der Waals surface area contributed by atoms with Crippen molar-refractivity contribution in [3.05, 3.63) is 35.9 Å². The van der Waals surface area contributed by atoms with Crippen LogP contribution in [0.3, 0.4) is 0 Å². The number of hydrogen-bond acceptors (Lipinski definition) is 3. The van der Waals surface area contributed by atoms with E-state index in [1.807, 2.05) is 24.3 Å². The highest BCUT2D eigenvalue weighted by Gasteiger charge is 2.09. The predicted octanol–water partition coefficient (Wildman–Crippen LogP) is 1.30. The van der Waals surface area contributed by atoms with Gasteiger partial charge in [0.15, 0.2) is 0 Å². The lowest BCUT2D eigenvalue weighted by Crippen LogP contribution is -2.29. The number of ether oxygens (including phenoxy) is 1. The number of likely N-dealkylation sites (N-methyl/N-ethyl adjacent to an activating group) is 1. The largest absolute Gasteiger partial charge is 0.392 e. The topological polar surface area (TPSA) is 49.8 Å². The summed E-state index contributed by atoms with van der Waals surface area (Å²) in [5, 5.41) is 8.70. The standard InChI is InChI=1S/C13H17NO3/c1-14(13(16)10-17-2)12-7-3-5-11(9-12)6-4-8-15/h3-7,9,15H,8,10H2,1-2H3/b6-4+. The highest BCUT2D eigenvalue weighted by molar-refractivity contribution is 5.94. The van der Waals surface area contributed by atoms with Gasteiger partial charge in [-0.15, -0.1) is 0 Å². The Labute approximate surface area is 101 Å². The second-order valence-corrected chi connectivity index (χ2v) is 3.57. The van der Waals surface area contributed by atoms with Crippen molar-refractivity contribution < 1.29 is 14.6 Å². The van der Waals surface area contributed by atoms with E-state index >= 15 is 0 Å². The molecule has 0 unspecified atom stereocenters. The van der Waals surface area contributed by atoms with E-state index in [1.165, 1.54) is 7.11 Å². The van der Waals surface area contributed by atoms with Gasteiger partial charge in [-0.05, 0) is 17.7 Å². The molecule has 17 heavy (non-hydrogen) atoms. The summed E-state index contributed by atoms with van der Waals surface area (Å²) >= 11 is 0. The van der Waals surface area contributed by atoms with Gasteiger partial charge >= 0.3 is 0 Å². The summed E-state index contributed by atoms with van der Waals surface area (Å²) in [6, 6.07) is 7.50. The lowest BCUT2D eigenvalue weighted by atomic mass is 10.2. The zero-order valence-corrected chi connectivity index (χ0v) is 10.1. The molecule has 0 atom stereocenters. The summed E-state index contributed by atoms with van der Waals surface area (Å²) in [6.45, 7) is 0.0654. The zero-order chi connectivity index (χ0) is 12.7. The van der Waals surface area contributed by atoms with E-state index in [0.717, 1.165) is 11.3 Å². The molecule has 0 aliphatic heterocycles. The Morgan fingerprint density at radius 3 is 2.94 bits per heavy atom. The highest BCUT2D eigenvalue weighted by atomic mass is 16.5. The number of nitrogens with zero attached hydrogens (tertiary/aromatic N) is 1. The van der Waals surface area contributed by atoms with Gasteiger partial charge in [0.2, 0.25) is 0 Å². The van der Waals surface area contributed by atoms with Gasteiger partial charge in [0, 0.05) is 19.8 Å². The molecule has 92 valence electrons. The van der Waals surface area contributed by atoms with Crippen LogP contribution in [0.2, 0.25) is 0 Å². The maximum Gasteiger partial charge on any atom is 0.252 e. The molecule has 0 radical (unpaired) electrons. The summed E-state index contributed by atoms with van der Waals surface area (Å²) in [7, 11) is 3.20. The number of anilines is 1. The van der Waals surface area contributed by atoms with Crippen LogP contribution in [0, 0.1) is 0 Å². The van der Waals surface area contributed by atoms with E-state index in [1.54, 1.807) is 24.1 Å². The SMILES string of the molecule is COCC(=O)N(C)c1cccc(/C=C/CO)c1. The maximum absolute atomic E-state index is 11.6. The van der Waals surface area contributed by atoms with Crippen LogP contribution in [-0.4, -0.2) is 38.4 Å². The van der Waals surface area contributed by atoms with E-state index < -0.39 is 0 Å². The van der Waals surface area contributed by atoms with Crippen molar-refractivity contribution >= 4 is 17.7 Å². The van der Waals surface area contributed by atoms with Crippen molar-refractivity contribution in [3.63, 3.8) is 0 Å². The number of hydrogen-bond donors (Lipinski definition) is 1. The molecule has 0 spiro atoms. The number of aliphatic hydroxyl groups excluding tert-OH is 1. The van der Waals surface area contributed by atoms with Gasteiger partial charge in [0.1, 0.15) is 6.61 Å². The molecule has 1 aromatic rings. The van der Waals surface area contributed by atoms with E-state index in [2.05, 4.69) is 0 Å². The number of rotatable bonds is 5. The lowest BCUT2D eigenvalue weighted by Gasteiger charge is -2.17. The van der Waals surface area contributed by atoms with Crippen LogP contribution >= 0.6 is 0 Å². The molecule has 0 fully saturated rings. The molecule has 0 saturated carbocycles. The molecular formula is C13H17NO3. The third-order valence-corrected chi connectivity index (χ3v) is 2.32. The van der Waals surface area contributed by atoms with Crippen LogP contribution < -0.4 is 4.90 Å². The summed E-state index contributed by atoms with van der Waals surface area (Å²) < 4.78 is 4.80. The number of methoxy groups -OCH3 is 1. The summed E-state index contributed by atoms with van der Waals surface area (Å²) in [5.74, 6) is -0.101. The number of carbonyl (C=O) groups is 1. The molecule has 1 N–H and O–H groups in total. The smallest absolute Gasteiger partial charge is 0.252 e. The number of carbonyl (C=O) groups excluding carboxylic acids is 1. The minimum absolute atomic E-state index is 0.00265. The molecule has 0 saturated heterocycles. The molecule has 0 bridgehead atoms. The minimum atomic E-state index is -0.101. The average Bonchev–Trinajstić information content (AvgIpc) is 2.36. The Hall–Kier alpha value is -1.65. The molecule has 1 aromatic carbocycles. The van der Waals surface area contributed by atoms with Crippen molar-refractivity contribution in [1.29, 1.82) is 0 Å². The summed E-state index contributed by atoms with van der Waals surface area (Å²) in [4.78, 5) is 13.2. The maximum atomic E-state index is 11.6. The van der Waals surface area contributed by atoms with E-state index in [4.69, 9.17) is 9.84 Å². The van der Waals surface area contributed by atoms with Gasteiger partial charge < -0.3 is 14.7 Å². The zero-order valence-electron chi connectivity index (χ0n) is 10.1. The van der Waals surface area contributed by atoms with Crippen molar-refractivity contribution in [1.82, 2.24) is 0 Å². The molecule has 4 nitrogen and oxygen atoms in total. The Bertz CT molecular complexity index is 401. The van der Waals surface area contributed by atoms with Crippen molar-refractivity contribution in [2.24, 2.45) is 0 Å².